The summed E-state index contributed by atoms with van der Waals surface area (Å²) in [5, 5.41) is 17.7. The molecule has 17 heavy (non-hydrogen) atoms. The standard InChI is InChI=1S/C12H20O5/c1-11(2,3)7(9(13)14)8(10(15)17-16)12(4,5)6/h16H,1-6H3,(H,13,14). The molecule has 5 heteroatoms. The summed E-state index contributed by atoms with van der Waals surface area (Å²) < 4.78 is 0. The first-order chi connectivity index (χ1) is 7.42. The lowest BCUT2D eigenvalue weighted by molar-refractivity contribution is -0.230. The van der Waals surface area contributed by atoms with E-state index in [0.717, 1.165) is 0 Å². The van der Waals surface area contributed by atoms with Crippen LogP contribution in [0.3, 0.4) is 0 Å². The summed E-state index contributed by atoms with van der Waals surface area (Å²) in [6.45, 7) is 10.1. The zero-order valence-corrected chi connectivity index (χ0v) is 11.1. The quantitative estimate of drug-likeness (QED) is 0.443. The fraction of sp³-hybridized carbons (Fsp3) is 0.667. The van der Waals surface area contributed by atoms with Crippen molar-refractivity contribution in [2.45, 2.75) is 41.5 Å². The van der Waals surface area contributed by atoms with Gasteiger partial charge in [-0.25, -0.2) is 9.59 Å². The van der Waals surface area contributed by atoms with Crippen LogP contribution >= 0.6 is 0 Å². The van der Waals surface area contributed by atoms with Crippen molar-refractivity contribution in [1.29, 1.82) is 0 Å². The van der Waals surface area contributed by atoms with Gasteiger partial charge in [0, 0.05) is 0 Å². The summed E-state index contributed by atoms with van der Waals surface area (Å²) in [5.74, 6) is -2.21. The summed E-state index contributed by atoms with van der Waals surface area (Å²) in [4.78, 5) is 26.6. The minimum atomic E-state index is -1.19. The molecule has 0 saturated carbocycles. The van der Waals surface area contributed by atoms with Gasteiger partial charge in [0.2, 0.25) is 0 Å². The van der Waals surface area contributed by atoms with Crippen molar-refractivity contribution in [3.05, 3.63) is 11.1 Å². The molecule has 0 fully saturated rings. The third kappa shape index (κ3) is 3.85. The van der Waals surface area contributed by atoms with Gasteiger partial charge in [0.1, 0.15) is 0 Å². The third-order valence-electron chi connectivity index (χ3n) is 2.25. The van der Waals surface area contributed by atoms with Gasteiger partial charge in [0.05, 0.1) is 11.1 Å². The SMILES string of the molecule is CC(C)(C)C(C(=O)O)=C(C(=O)OO)C(C)(C)C. The number of carbonyl (C=O) groups excluding carboxylic acids is 1. The Morgan fingerprint density at radius 2 is 1.24 bits per heavy atom. The topological polar surface area (TPSA) is 83.8 Å². The first kappa shape index (κ1) is 15.6. The Labute approximate surface area is 101 Å². The van der Waals surface area contributed by atoms with E-state index in [0.29, 0.717) is 0 Å². The molecule has 0 atom stereocenters. The Balaban J connectivity index is 6.14. The van der Waals surface area contributed by atoms with Crippen LogP contribution in [-0.2, 0) is 14.5 Å². The molecule has 0 aromatic rings. The largest absolute Gasteiger partial charge is 0.478 e. The Kier molecular flexibility index (Phi) is 4.48. The second-order valence-electron chi connectivity index (χ2n) is 5.93. The van der Waals surface area contributed by atoms with Crippen LogP contribution in [0, 0.1) is 10.8 Å². The number of rotatable bonds is 2. The van der Waals surface area contributed by atoms with Gasteiger partial charge >= 0.3 is 11.9 Å². The molecule has 0 bridgehead atoms. The first-order valence-corrected chi connectivity index (χ1v) is 5.27. The Hall–Kier alpha value is -1.36. The van der Waals surface area contributed by atoms with Crippen LogP contribution in [0.4, 0.5) is 0 Å². The molecular weight excluding hydrogens is 224 g/mol. The van der Waals surface area contributed by atoms with Crippen molar-refractivity contribution in [2.75, 3.05) is 0 Å². The van der Waals surface area contributed by atoms with Crippen molar-refractivity contribution >= 4 is 11.9 Å². The summed E-state index contributed by atoms with van der Waals surface area (Å²) in [6, 6.07) is 0. The molecule has 0 amide bonds. The van der Waals surface area contributed by atoms with Gasteiger partial charge in [0.15, 0.2) is 0 Å². The lowest BCUT2D eigenvalue weighted by Gasteiger charge is -2.28. The molecule has 0 aliphatic rings. The highest BCUT2D eigenvalue weighted by Crippen LogP contribution is 2.37. The molecule has 0 aliphatic heterocycles. The van der Waals surface area contributed by atoms with Gasteiger partial charge in [-0.05, 0) is 10.8 Å². The molecule has 2 N–H and O–H groups in total. The highest BCUT2D eigenvalue weighted by molar-refractivity contribution is 6.01. The van der Waals surface area contributed by atoms with Gasteiger partial charge in [0.25, 0.3) is 0 Å². The molecule has 0 saturated heterocycles. The smallest absolute Gasteiger partial charge is 0.369 e. The molecule has 0 aliphatic carbocycles. The number of carboxylic acid groups (broad SMARTS) is 1. The van der Waals surface area contributed by atoms with Crippen molar-refractivity contribution in [1.82, 2.24) is 0 Å². The minimum absolute atomic E-state index is 0.0278. The average molecular weight is 244 g/mol. The van der Waals surface area contributed by atoms with Crippen LogP contribution in [0.2, 0.25) is 0 Å². The zero-order valence-electron chi connectivity index (χ0n) is 11.1. The van der Waals surface area contributed by atoms with Crippen LogP contribution in [0.25, 0.3) is 0 Å². The van der Waals surface area contributed by atoms with E-state index in [9.17, 15) is 14.7 Å². The van der Waals surface area contributed by atoms with Crippen LogP contribution in [-0.4, -0.2) is 22.3 Å². The number of hydrogen-bond acceptors (Lipinski definition) is 4. The molecule has 0 radical (unpaired) electrons. The van der Waals surface area contributed by atoms with E-state index in [1.807, 2.05) is 0 Å². The van der Waals surface area contributed by atoms with Gasteiger partial charge in [-0.2, -0.15) is 5.26 Å². The van der Waals surface area contributed by atoms with Gasteiger partial charge in [-0.1, -0.05) is 41.5 Å². The number of aliphatic carboxylic acids is 1. The summed E-state index contributed by atoms with van der Waals surface area (Å²) in [5.41, 5.74) is -1.55. The van der Waals surface area contributed by atoms with E-state index < -0.39 is 22.8 Å². The van der Waals surface area contributed by atoms with E-state index in [4.69, 9.17) is 5.26 Å². The molecule has 0 spiro atoms. The van der Waals surface area contributed by atoms with Crippen molar-refractivity contribution in [3.8, 4) is 0 Å². The molecule has 98 valence electrons. The normalized spacial score (nSPS) is 14.1. The summed E-state index contributed by atoms with van der Waals surface area (Å²) >= 11 is 0. The predicted molar refractivity (Wildman–Crippen MR) is 62.3 cm³/mol. The maximum absolute atomic E-state index is 11.6. The molecule has 0 unspecified atom stereocenters. The molecule has 5 nitrogen and oxygen atoms in total. The maximum atomic E-state index is 11.6. The Morgan fingerprint density at radius 3 is 1.41 bits per heavy atom. The highest BCUT2D eigenvalue weighted by atomic mass is 17.1. The fourth-order valence-corrected chi connectivity index (χ4v) is 1.63. The third-order valence-corrected chi connectivity index (χ3v) is 2.25. The Bertz CT molecular complexity index is 352. The maximum Gasteiger partial charge on any atom is 0.369 e. The molecular formula is C12H20O5. The van der Waals surface area contributed by atoms with Crippen molar-refractivity contribution in [2.24, 2.45) is 10.8 Å². The van der Waals surface area contributed by atoms with E-state index in [1.54, 1.807) is 41.5 Å². The van der Waals surface area contributed by atoms with Crippen LogP contribution in [0.1, 0.15) is 41.5 Å². The molecule has 0 aromatic carbocycles. The van der Waals surface area contributed by atoms with Gasteiger partial charge in [-0.15, -0.1) is 0 Å². The zero-order chi connectivity index (χ0) is 14.0. The average Bonchev–Trinajstić information content (AvgIpc) is 2.08. The summed E-state index contributed by atoms with van der Waals surface area (Å²) in [6.07, 6.45) is 0. The fourth-order valence-electron chi connectivity index (χ4n) is 1.63. The summed E-state index contributed by atoms with van der Waals surface area (Å²) in [7, 11) is 0. The minimum Gasteiger partial charge on any atom is -0.478 e. The molecule has 0 rings (SSSR count). The number of carbonyl (C=O) groups is 2. The second kappa shape index (κ2) is 4.87. The highest BCUT2D eigenvalue weighted by Gasteiger charge is 2.37. The van der Waals surface area contributed by atoms with Crippen molar-refractivity contribution < 1.29 is 24.8 Å². The molecule has 0 heterocycles. The first-order valence-electron chi connectivity index (χ1n) is 5.27. The predicted octanol–water partition coefficient (Wildman–Crippen LogP) is 2.48. The van der Waals surface area contributed by atoms with E-state index in [2.05, 4.69) is 4.89 Å². The van der Waals surface area contributed by atoms with Crippen molar-refractivity contribution in [3.63, 3.8) is 0 Å². The van der Waals surface area contributed by atoms with E-state index >= 15 is 0 Å². The second-order valence-corrected chi connectivity index (χ2v) is 5.93. The van der Waals surface area contributed by atoms with Gasteiger partial charge in [-0.3, -0.25) is 4.89 Å². The monoisotopic (exact) mass is 244 g/mol. The van der Waals surface area contributed by atoms with Crippen LogP contribution < -0.4 is 0 Å². The Morgan fingerprint density at radius 1 is 0.882 bits per heavy atom. The molecule has 0 aromatic heterocycles. The number of carboxylic acids is 1. The van der Waals surface area contributed by atoms with Crippen LogP contribution in [0.15, 0.2) is 11.1 Å². The number of hydrogen-bond donors (Lipinski definition) is 2. The van der Waals surface area contributed by atoms with E-state index in [1.165, 1.54) is 0 Å². The van der Waals surface area contributed by atoms with Gasteiger partial charge < -0.3 is 5.11 Å². The van der Waals surface area contributed by atoms with Crippen LogP contribution in [0.5, 0.6) is 0 Å². The van der Waals surface area contributed by atoms with E-state index in [-0.39, 0.29) is 11.1 Å². The lowest BCUT2D eigenvalue weighted by Crippen LogP contribution is -2.29. The lowest BCUT2D eigenvalue weighted by atomic mass is 9.75.